The molecular formula is C22H28N2O4. The van der Waals surface area contributed by atoms with Crippen molar-refractivity contribution in [3.05, 3.63) is 41.5 Å². The number of anilines is 1. The number of esters is 1. The molecule has 4 bridgehead atoms. The predicted octanol–water partition coefficient (Wildman–Crippen LogP) is 1.27. The van der Waals surface area contributed by atoms with Gasteiger partial charge in [0.2, 0.25) is 0 Å². The monoisotopic (exact) mass is 384 g/mol. The van der Waals surface area contributed by atoms with E-state index in [1.807, 2.05) is 26.1 Å². The minimum absolute atomic E-state index is 0.261. The van der Waals surface area contributed by atoms with Crippen LogP contribution in [-0.2, 0) is 14.9 Å². The van der Waals surface area contributed by atoms with Crippen LogP contribution in [0.5, 0.6) is 0 Å². The number of allylic oxidation sites excluding steroid dienone is 1. The normalized spacial score (nSPS) is 44.4. The first-order chi connectivity index (χ1) is 13.5. The van der Waals surface area contributed by atoms with E-state index in [2.05, 4.69) is 28.0 Å². The van der Waals surface area contributed by atoms with Crippen molar-refractivity contribution in [2.24, 2.45) is 11.3 Å². The predicted molar refractivity (Wildman–Crippen MR) is 105 cm³/mol. The Labute approximate surface area is 165 Å². The summed E-state index contributed by atoms with van der Waals surface area (Å²) in [6.07, 6.45) is 2.56. The van der Waals surface area contributed by atoms with E-state index in [9.17, 15) is 15.0 Å². The molecule has 0 radical (unpaired) electrons. The lowest BCUT2D eigenvalue weighted by molar-refractivity contribution is -0.187. The minimum Gasteiger partial charge on any atom is -0.468 e. The third-order valence-electron chi connectivity index (χ3n) is 8.37. The van der Waals surface area contributed by atoms with Crippen molar-refractivity contribution in [1.29, 1.82) is 0 Å². The highest BCUT2D eigenvalue weighted by molar-refractivity contribution is 5.86. The van der Waals surface area contributed by atoms with E-state index in [0.717, 1.165) is 23.4 Å². The smallest absolute Gasteiger partial charge is 0.315 e. The average molecular weight is 384 g/mol. The van der Waals surface area contributed by atoms with Gasteiger partial charge >= 0.3 is 5.97 Å². The van der Waals surface area contributed by atoms with Crippen LogP contribution >= 0.6 is 0 Å². The maximum absolute atomic E-state index is 13.5. The van der Waals surface area contributed by atoms with E-state index in [1.165, 1.54) is 7.11 Å². The summed E-state index contributed by atoms with van der Waals surface area (Å²) in [4.78, 5) is 18.1. The Morgan fingerprint density at radius 1 is 1.39 bits per heavy atom. The highest BCUT2D eigenvalue weighted by Gasteiger charge is 2.84. The summed E-state index contributed by atoms with van der Waals surface area (Å²) in [6, 6.07) is 8.11. The molecule has 6 heteroatoms. The number of rotatable bonds is 2. The van der Waals surface area contributed by atoms with Gasteiger partial charge in [-0.25, -0.2) is 0 Å². The fourth-order valence-electron chi connectivity index (χ4n) is 7.56. The van der Waals surface area contributed by atoms with E-state index < -0.39 is 22.6 Å². The molecule has 3 saturated heterocycles. The van der Waals surface area contributed by atoms with E-state index in [0.29, 0.717) is 19.4 Å². The Morgan fingerprint density at radius 3 is 2.82 bits per heavy atom. The standard InChI is InChI=1S/C22H28N2O4/c1-4-14-12-24-10-9-21-15-7-5-6-8-17(15)23(2)22(21,24)18(26)11-16(14)20(21,13-25)19(27)28-3/h4-8,16,18,25-26H,9-13H2,1-3H3. The van der Waals surface area contributed by atoms with Crippen molar-refractivity contribution >= 4 is 11.7 Å². The largest absolute Gasteiger partial charge is 0.468 e. The molecule has 4 heterocycles. The van der Waals surface area contributed by atoms with Crippen LogP contribution in [-0.4, -0.2) is 66.7 Å². The molecule has 6 nitrogen and oxygen atoms in total. The zero-order chi connectivity index (χ0) is 19.9. The van der Waals surface area contributed by atoms with Crippen LogP contribution in [0.25, 0.3) is 0 Å². The van der Waals surface area contributed by atoms with Crippen molar-refractivity contribution < 1.29 is 19.7 Å². The molecule has 150 valence electrons. The number of hydrogen-bond acceptors (Lipinski definition) is 6. The van der Waals surface area contributed by atoms with Gasteiger partial charge in [-0.3, -0.25) is 9.69 Å². The van der Waals surface area contributed by atoms with Gasteiger partial charge in [-0.15, -0.1) is 0 Å². The van der Waals surface area contributed by atoms with Gasteiger partial charge in [0.1, 0.15) is 11.1 Å². The molecule has 4 aliphatic heterocycles. The lowest BCUT2D eigenvalue weighted by Gasteiger charge is -2.61. The lowest BCUT2D eigenvalue weighted by Crippen LogP contribution is -2.77. The zero-order valence-corrected chi connectivity index (χ0v) is 16.7. The summed E-state index contributed by atoms with van der Waals surface area (Å²) >= 11 is 0. The maximum atomic E-state index is 13.5. The first-order valence-electron chi connectivity index (χ1n) is 10.1. The molecule has 6 rings (SSSR count). The number of fused-ring (bicyclic) bond motifs is 3. The number of ether oxygens (including phenoxy) is 1. The zero-order valence-electron chi connectivity index (χ0n) is 16.7. The second-order valence-electron chi connectivity index (χ2n) is 8.67. The van der Waals surface area contributed by atoms with Crippen molar-refractivity contribution in [2.45, 2.75) is 36.9 Å². The van der Waals surface area contributed by atoms with Crippen molar-refractivity contribution in [2.75, 3.05) is 38.8 Å². The second kappa shape index (κ2) is 5.59. The first-order valence-corrected chi connectivity index (χ1v) is 10.1. The molecule has 1 saturated carbocycles. The molecule has 1 aromatic carbocycles. The minimum atomic E-state index is -1.13. The Kier molecular flexibility index (Phi) is 3.62. The Morgan fingerprint density at radius 2 is 2.14 bits per heavy atom. The number of hydrogen-bond donors (Lipinski definition) is 2. The Balaban J connectivity index is 1.96. The van der Waals surface area contributed by atoms with Crippen LogP contribution in [0.15, 0.2) is 35.9 Å². The van der Waals surface area contributed by atoms with Crippen molar-refractivity contribution in [1.82, 2.24) is 4.90 Å². The number of likely N-dealkylation sites (N-methyl/N-ethyl adjacent to an activating group) is 1. The number of carbonyl (C=O) groups is 1. The van der Waals surface area contributed by atoms with Gasteiger partial charge in [0.15, 0.2) is 0 Å². The highest BCUT2D eigenvalue weighted by atomic mass is 16.5. The number of aliphatic hydroxyl groups excluding tert-OH is 2. The van der Waals surface area contributed by atoms with Crippen LogP contribution in [0.2, 0.25) is 0 Å². The molecule has 6 unspecified atom stereocenters. The number of methoxy groups -OCH3 is 1. The molecule has 1 spiro atoms. The number of para-hydroxylation sites is 1. The number of aliphatic hydroxyl groups is 2. The summed E-state index contributed by atoms with van der Waals surface area (Å²) in [6.45, 7) is 3.14. The second-order valence-corrected chi connectivity index (χ2v) is 8.67. The third-order valence-corrected chi connectivity index (χ3v) is 8.37. The molecule has 28 heavy (non-hydrogen) atoms. The van der Waals surface area contributed by atoms with Crippen LogP contribution in [0.1, 0.15) is 25.3 Å². The van der Waals surface area contributed by atoms with Gasteiger partial charge in [0.25, 0.3) is 0 Å². The number of benzene rings is 1. The molecule has 0 amide bonds. The Hall–Kier alpha value is -1.89. The summed E-state index contributed by atoms with van der Waals surface area (Å²) in [5, 5.41) is 22.5. The molecular weight excluding hydrogens is 356 g/mol. The highest BCUT2D eigenvalue weighted by Crippen LogP contribution is 2.73. The molecule has 2 N–H and O–H groups in total. The SMILES string of the molecule is CC=C1CN2CCC34c5ccccc5N(C)C23C(O)CC1C4(CO)C(=O)OC. The summed E-state index contributed by atoms with van der Waals surface area (Å²) in [5.41, 5.74) is 0.539. The molecule has 0 aromatic heterocycles. The van der Waals surface area contributed by atoms with E-state index >= 15 is 0 Å². The van der Waals surface area contributed by atoms with Crippen molar-refractivity contribution in [3.8, 4) is 0 Å². The molecule has 1 aromatic rings. The van der Waals surface area contributed by atoms with Gasteiger partial charge in [-0.05, 0) is 31.4 Å². The number of carbonyl (C=O) groups excluding carboxylic acids is 1. The third kappa shape index (κ3) is 1.52. The van der Waals surface area contributed by atoms with Gasteiger partial charge in [-0.2, -0.15) is 0 Å². The summed E-state index contributed by atoms with van der Waals surface area (Å²) < 4.78 is 5.38. The van der Waals surface area contributed by atoms with E-state index in [-0.39, 0.29) is 18.5 Å². The van der Waals surface area contributed by atoms with Gasteiger partial charge in [0, 0.05) is 31.7 Å². The topological polar surface area (TPSA) is 73.2 Å². The van der Waals surface area contributed by atoms with Crippen LogP contribution in [0.4, 0.5) is 5.69 Å². The van der Waals surface area contributed by atoms with Crippen molar-refractivity contribution in [3.63, 3.8) is 0 Å². The quantitative estimate of drug-likeness (QED) is 0.591. The average Bonchev–Trinajstić information content (AvgIpc) is 3.10. The van der Waals surface area contributed by atoms with Crippen LogP contribution in [0.3, 0.4) is 0 Å². The summed E-state index contributed by atoms with van der Waals surface area (Å²) in [5.74, 6) is -0.632. The Bertz CT molecular complexity index is 885. The van der Waals surface area contributed by atoms with Gasteiger partial charge in [0.05, 0.1) is 25.2 Å². The summed E-state index contributed by atoms with van der Waals surface area (Å²) in [7, 11) is 3.42. The first kappa shape index (κ1) is 18.2. The fraction of sp³-hybridized carbons (Fsp3) is 0.591. The van der Waals surface area contributed by atoms with Crippen LogP contribution < -0.4 is 4.90 Å². The number of nitrogens with zero attached hydrogens (tertiary/aromatic N) is 2. The van der Waals surface area contributed by atoms with Gasteiger partial charge in [-0.1, -0.05) is 29.8 Å². The lowest BCUT2D eigenvalue weighted by atomic mass is 9.45. The molecule has 6 atom stereocenters. The molecule has 1 aliphatic carbocycles. The maximum Gasteiger partial charge on any atom is 0.315 e. The van der Waals surface area contributed by atoms with Gasteiger partial charge < -0.3 is 19.8 Å². The molecule has 4 fully saturated rings. The van der Waals surface area contributed by atoms with E-state index in [1.54, 1.807) is 0 Å². The van der Waals surface area contributed by atoms with E-state index in [4.69, 9.17) is 4.74 Å². The molecule has 5 aliphatic rings. The van der Waals surface area contributed by atoms with Crippen LogP contribution in [0, 0.1) is 11.3 Å². The fourth-order valence-corrected chi connectivity index (χ4v) is 7.56.